The Hall–Kier alpha value is -8.34. The van der Waals surface area contributed by atoms with Gasteiger partial charge in [-0.2, -0.15) is 5.26 Å². The highest BCUT2D eigenvalue weighted by atomic mass is 15.3. The number of rotatable bonds is 6. The molecule has 59 heavy (non-hydrogen) atoms. The largest absolute Gasteiger partial charge is 0.309 e. The highest BCUT2D eigenvalue weighted by Gasteiger charge is 2.32. The van der Waals surface area contributed by atoms with Gasteiger partial charge in [0.05, 0.1) is 45.4 Å². The first-order valence-corrected chi connectivity index (χ1v) is 19.5. The molecule has 0 radical (unpaired) electrons. The number of fused-ring (bicyclic) bond motifs is 5. The van der Waals surface area contributed by atoms with Gasteiger partial charge in [0.2, 0.25) is 0 Å². The van der Waals surface area contributed by atoms with Gasteiger partial charge in [0.1, 0.15) is 0 Å². The predicted molar refractivity (Wildman–Crippen MR) is 238 cm³/mol. The first-order chi connectivity index (χ1) is 29.2. The number of nitrogens with zero attached hydrogens (tertiary/aromatic N) is 7. The second kappa shape index (κ2) is 14.0. The Morgan fingerprint density at radius 1 is 0.373 bits per heavy atom. The van der Waals surface area contributed by atoms with Crippen LogP contribution in [0.4, 0.5) is 34.1 Å². The average Bonchev–Trinajstić information content (AvgIpc) is 3.64. The summed E-state index contributed by atoms with van der Waals surface area (Å²) in [6.07, 6.45) is 0. The summed E-state index contributed by atoms with van der Waals surface area (Å²) in [5, 5.41) is 13.0. The Labute approximate surface area is 341 Å². The SMILES string of the molecule is N#Cc1cc(-n2c3ccccc3c3cc4c(cc32)N(c2ccccc2)c2ccccc2N4c2ccccc2)ccc1-c1nc(-c2ccccc2)nc(-c2ccccc2)n1. The molecule has 1 aliphatic heterocycles. The van der Waals surface area contributed by atoms with Crippen molar-refractivity contribution < 1.29 is 0 Å². The van der Waals surface area contributed by atoms with Crippen LogP contribution in [-0.4, -0.2) is 19.5 Å². The number of anilines is 6. The van der Waals surface area contributed by atoms with Crippen LogP contribution in [0.25, 0.3) is 61.7 Å². The summed E-state index contributed by atoms with van der Waals surface area (Å²) in [4.78, 5) is 19.5. The minimum Gasteiger partial charge on any atom is -0.309 e. The van der Waals surface area contributed by atoms with Crippen molar-refractivity contribution in [2.24, 2.45) is 0 Å². The van der Waals surface area contributed by atoms with Crippen molar-refractivity contribution in [1.29, 1.82) is 5.26 Å². The Balaban J connectivity index is 1.14. The predicted octanol–water partition coefficient (Wildman–Crippen LogP) is 13.1. The molecule has 276 valence electrons. The van der Waals surface area contributed by atoms with Crippen LogP contribution in [0.2, 0.25) is 0 Å². The van der Waals surface area contributed by atoms with E-state index in [9.17, 15) is 5.26 Å². The highest BCUT2D eigenvalue weighted by Crippen LogP contribution is 2.55. The molecule has 3 heterocycles. The Morgan fingerprint density at radius 2 is 0.864 bits per heavy atom. The number of nitriles is 1. The molecule has 0 spiro atoms. The topological polar surface area (TPSA) is 73.9 Å². The van der Waals surface area contributed by atoms with Gasteiger partial charge in [0, 0.05) is 44.5 Å². The standard InChI is InChI=1S/C52H33N7/c53-34-37-31-40(29-30-41(37)52-55-50(35-17-5-1-6-18-35)54-51(56-52)36-19-7-2-8-20-36)59-44-26-14-13-25-42(44)43-32-48-49(33-47(43)59)58(39-23-11-4-12-24-39)46-28-16-15-27-45(46)57(48)38-21-9-3-10-22-38/h1-33H. The van der Waals surface area contributed by atoms with E-state index in [1.54, 1.807) is 0 Å². The van der Waals surface area contributed by atoms with Crippen LogP contribution >= 0.6 is 0 Å². The summed E-state index contributed by atoms with van der Waals surface area (Å²) in [6.45, 7) is 0. The molecule has 8 aromatic carbocycles. The maximum absolute atomic E-state index is 10.8. The van der Waals surface area contributed by atoms with E-state index >= 15 is 0 Å². The molecule has 7 nitrogen and oxygen atoms in total. The lowest BCUT2D eigenvalue weighted by Crippen LogP contribution is -2.24. The maximum atomic E-state index is 10.8. The van der Waals surface area contributed by atoms with Crippen molar-refractivity contribution in [3.05, 3.63) is 206 Å². The van der Waals surface area contributed by atoms with Gasteiger partial charge >= 0.3 is 0 Å². The summed E-state index contributed by atoms with van der Waals surface area (Å²) in [5.41, 5.74) is 12.2. The van der Waals surface area contributed by atoms with Crippen LogP contribution in [0, 0.1) is 11.3 Å². The van der Waals surface area contributed by atoms with Gasteiger partial charge in [-0.3, -0.25) is 0 Å². The van der Waals surface area contributed by atoms with E-state index < -0.39 is 0 Å². The first kappa shape index (κ1) is 34.0. The molecule has 2 aromatic heterocycles. The van der Waals surface area contributed by atoms with Crippen molar-refractivity contribution in [3.63, 3.8) is 0 Å². The fourth-order valence-electron chi connectivity index (χ4n) is 8.33. The molecule has 0 unspecified atom stereocenters. The van der Waals surface area contributed by atoms with Gasteiger partial charge in [-0.05, 0) is 72.8 Å². The van der Waals surface area contributed by atoms with Crippen LogP contribution < -0.4 is 9.80 Å². The van der Waals surface area contributed by atoms with E-state index in [0.717, 1.165) is 72.7 Å². The molecule has 0 N–H and O–H groups in total. The van der Waals surface area contributed by atoms with Gasteiger partial charge in [-0.25, -0.2) is 15.0 Å². The summed E-state index contributed by atoms with van der Waals surface area (Å²) < 4.78 is 2.27. The van der Waals surface area contributed by atoms with Crippen molar-refractivity contribution in [1.82, 2.24) is 19.5 Å². The van der Waals surface area contributed by atoms with E-state index in [2.05, 4.69) is 148 Å². The summed E-state index contributed by atoms with van der Waals surface area (Å²) in [7, 11) is 0. The number of para-hydroxylation sites is 5. The number of hydrogen-bond acceptors (Lipinski definition) is 6. The normalized spacial score (nSPS) is 12.0. The molecule has 0 amide bonds. The van der Waals surface area contributed by atoms with Gasteiger partial charge in [-0.15, -0.1) is 0 Å². The molecular formula is C52H33N7. The van der Waals surface area contributed by atoms with E-state index in [1.807, 2.05) is 72.8 Å². The zero-order valence-electron chi connectivity index (χ0n) is 31.7. The fraction of sp³-hybridized carbons (Fsp3) is 0. The lowest BCUT2D eigenvalue weighted by molar-refractivity contribution is 1.07. The summed E-state index contributed by atoms with van der Waals surface area (Å²) >= 11 is 0. The fourth-order valence-corrected chi connectivity index (χ4v) is 8.33. The zero-order chi connectivity index (χ0) is 39.3. The third kappa shape index (κ3) is 5.70. The van der Waals surface area contributed by atoms with E-state index in [4.69, 9.17) is 15.0 Å². The van der Waals surface area contributed by atoms with Crippen molar-refractivity contribution >= 4 is 55.9 Å². The molecule has 1 aliphatic rings. The Bertz CT molecular complexity index is 3170. The molecule has 0 saturated heterocycles. The second-order valence-corrected chi connectivity index (χ2v) is 14.4. The highest BCUT2D eigenvalue weighted by molar-refractivity contribution is 6.15. The minimum absolute atomic E-state index is 0.440. The van der Waals surface area contributed by atoms with Crippen LogP contribution in [0.3, 0.4) is 0 Å². The molecule has 0 aliphatic carbocycles. The van der Waals surface area contributed by atoms with Crippen LogP contribution in [-0.2, 0) is 0 Å². The summed E-state index contributed by atoms with van der Waals surface area (Å²) in [6, 6.07) is 71.0. The third-order valence-corrected chi connectivity index (χ3v) is 11.0. The minimum atomic E-state index is 0.440. The number of benzene rings is 8. The van der Waals surface area contributed by atoms with Gasteiger partial charge in [-0.1, -0.05) is 127 Å². The van der Waals surface area contributed by atoms with Crippen LogP contribution in [0.15, 0.2) is 200 Å². The molecule has 0 fully saturated rings. The zero-order valence-corrected chi connectivity index (χ0v) is 31.7. The number of hydrogen-bond donors (Lipinski definition) is 0. The maximum Gasteiger partial charge on any atom is 0.165 e. The monoisotopic (exact) mass is 755 g/mol. The molecule has 10 aromatic rings. The van der Waals surface area contributed by atoms with Crippen LogP contribution in [0.5, 0.6) is 0 Å². The first-order valence-electron chi connectivity index (χ1n) is 19.5. The van der Waals surface area contributed by atoms with E-state index in [-0.39, 0.29) is 0 Å². The summed E-state index contributed by atoms with van der Waals surface area (Å²) in [5.74, 6) is 1.53. The molecule has 0 atom stereocenters. The van der Waals surface area contributed by atoms with Gasteiger partial charge in [0.25, 0.3) is 0 Å². The quantitative estimate of drug-likeness (QED) is 0.168. The molecule has 11 rings (SSSR count). The van der Waals surface area contributed by atoms with E-state index in [1.165, 1.54) is 0 Å². The third-order valence-electron chi connectivity index (χ3n) is 11.0. The smallest absolute Gasteiger partial charge is 0.165 e. The molecular weight excluding hydrogens is 723 g/mol. The average molecular weight is 756 g/mol. The van der Waals surface area contributed by atoms with Gasteiger partial charge < -0.3 is 14.4 Å². The Kier molecular flexibility index (Phi) is 8.05. The number of aromatic nitrogens is 4. The lowest BCUT2D eigenvalue weighted by Gasteiger charge is -2.40. The lowest BCUT2D eigenvalue weighted by atomic mass is 10.0. The molecule has 0 saturated carbocycles. The van der Waals surface area contributed by atoms with Crippen molar-refractivity contribution in [2.45, 2.75) is 0 Å². The molecule has 0 bridgehead atoms. The van der Waals surface area contributed by atoms with Crippen molar-refractivity contribution in [2.75, 3.05) is 9.80 Å². The van der Waals surface area contributed by atoms with Crippen molar-refractivity contribution in [3.8, 4) is 45.9 Å². The second-order valence-electron chi connectivity index (χ2n) is 14.4. The molecule has 7 heteroatoms. The Morgan fingerprint density at radius 3 is 1.44 bits per heavy atom. The van der Waals surface area contributed by atoms with E-state index in [0.29, 0.717) is 28.6 Å². The van der Waals surface area contributed by atoms with Gasteiger partial charge in [0.15, 0.2) is 17.5 Å². The van der Waals surface area contributed by atoms with Crippen LogP contribution in [0.1, 0.15) is 5.56 Å².